The SMILES string of the molecule is CC(C)(C)OC(=O)N[C@@H](Cc1ccc(OP(=O)(OCC(Cl)(Cl)Cl)OCC(Cl)(Cl)Cl)cc1)C(=O)N[C@@H](Cc1ccccc1)C(=O)OCc1ccccc1. The van der Waals surface area contributed by atoms with E-state index in [0.29, 0.717) is 5.56 Å². The van der Waals surface area contributed by atoms with Gasteiger partial charge < -0.3 is 24.6 Å². The normalized spacial score (nSPS) is 13.4. The Hall–Kier alpha value is -2.44. The highest BCUT2D eigenvalue weighted by atomic mass is 35.6. The van der Waals surface area contributed by atoms with E-state index in [1.54, 1.807) is 20.8 Å². The van der Waals surface area contributed by atoms with Crippen molar-refractivity contribution in [2.45, 2.75) is 65.5 Å². The summed E-state index contributed by atoms with van der Waals surface area (Å²) in [7, 11) is -4.50. The van der Waals surface area contributed by atoms with Gasteiger partial charge in [-0.3, -0.25) is 13.8 Å². The van der Waals surface area contributed by atoms with Gasteiger partial charge >= 0.3 is 19.9 Å². The van der Waals surface area contributed by atoms with Crippen LogP contribution in [0, 0.1) is 0 Å². The van der Waals surface area contributed by atoms with Crippen molar-refractivity contribution in [1.82, 2.24) is 10.6 Å². The first-order chi connectivity index (χ1) is 24.2. The van der Waals surface area contributed by atoms with Crippen molar-refractivity contribution in [3.63, 3.8) is 0 Å². The summed E-state index contributed by atoms with van der Waals surface area (Å²) in [5, 5.41) is 5.33. The van der Waals surface area contributed by atoms with Crippen molar-refractivity contribution in [2.24, 2.45) is 0 Å². The van der Waals surface area contributed by atoms with E-state index in [1.165, 1.54) is 24.3 Å². The number of phosphoric ester groups is 1. The fourth-order valence-corrected chi connectivity index (χ4v) is 6.30. The molecule has 18 heteroatoms. The zero-order valence-corrected chi connectivity index (χ0v) is 33.6. The number of halogens is 6. The molecule has 0 spiro atoms. The number of ether oxygens (including phenoxy) is 2. The van der Waals surface area contributed by atoms with Crippen molar-refractivity contribution in [2.75, 3.05) is 13.2 Å². The summed E-state index contributed by atoms with van der Waals surface area (Å²) in [6.07, 6.45) is -0.822. The maximum atomic E-state index is 13.8. The molecule has 2 N–H and O–H groups in total. The lowest BCUT2D eigenvalue weighted by atomic mass is 10.0. The van der Waals surface area contributed by atoms with Gasteiger partial charge in [0.05, 0.1) is 0 Å². The second-order valence-electron chi connectivity index (χ2n) is 12.2. The molecule has 3 rings (SSSR count). The highest BCUT2D eigenvalue weighted by molar-refractivity contribution is 7.49. The molecule has 0 fully saturated rings. The fourth-order valence-electron chi connectivity index (χ4n) is 4.25. The first-order valence-electron chi connectivity index (χ1n) is 15.5. The fraction of sp³-hybridized carbons (Fsp3) is 0.382. The number of phosphoric acid groups is 1. The third-order valence-corrected chi connectivity index (χ3v) is 8.45. The molecule has 11 nitrogen and oxygen atoms in total. The maximum absolute atomic E-state index is 13.8. The minimum Gasteiger partial charge on any atom is -0.459 e. The van der Waals surface area contributed by atoms with Crippen LogP contribution in [0.15, 0.2) is 84.9 Å². The summed E-state index contributed by atoms with van der Waals surface area (Å²) >= 11 is 34.4. The van der Waals surface area contributed by atoms with Crippen molar-refractivity contribution in [3.05, 3.63) is 102 Å². The molecule has 2 atom stereocenters. The summed E-state index contributed by atoms with van der Waals surface area (Å²) < 4.78 is 36.0. The lowest BCUT2D eigenvalue weighted by Gasteiger charge is -2.25. The lowest BCUT2D eigenvalue weighted by molar-refractivity contribution is -0.149. The molecule has 3 aromatic rings. The molecule has 0 aliphatic heterocycles. The first kappa shape index (κ1) is 44.0. The van der Waals surface area contributed by atoms with Crippen LogP contribution in [0.2, 0.25) is 0 Å². The van der Waals surface area contributed by atoms with Gasteiger partial charge in [0.2, 0.25) is 13.5 Å². The molecule has 0 radical (unpaired) electrons. The molecule has 0 bridgehead atoms. The number of alkyl halides is 6. The van der Waals surface area contributed by atoms with Crippen molar-refractivity contribution in [1.29, 1.82) is 0 Å². The van der Waals surface area contributed by atoms with E-state index < -0.39 is 64.3 Å². The second-order valence-corrected chi connectivity index (χ2v) is 18.8. The monoisotopic (exact) mass is 858 g/mol. The number of hydrogen-bond acceptors (Lipinski definition) is 9. The molecule has 0 unspecified atom stereocenters. The van der Waals surface area contributed by atoms with Gasteiger partial charge in [-0.15, -0.1) is 0 Å². The number of benzene rings is 3. The molecule has 3 aromatic carbocycles. The number of carbonyl (C=O) groups is 3. The van der Waals surface area contributed by atoms with Crippen molar-refractivity contribution >= 4 is 95.4 Å². The Bertz CT molecular complexity index is 1630. The van der Waals surface area contributed by atoms with Crippen LogP contribution in [0.4, 0.5) is 4.79 Å². The standard InChI is InChI=1S/C34H37Cl6N2O9P/c1-32(2,3)50-31(45)42-27(18-24-14-16-26(17-15-24)51-52(46,48-21-33(35,36)37)49-22-34(38,39)40)29(43)41-28(19-23-10-6-4-7-11-23)30(44)47-20-25-12-8-5-9-13-25/h4-17,27-28H,18-22H2,1-3H3,(H,41,43)(H,42,45)/t27-,28-/m0/s1. The van der Waals surface area contributed by atoms with E-state index in [9.17, 15) is 18.9 Å². The average molecular weight is 861 g/mol. The summed E-state index contributed by atoms with van der Waals surface area (Å²) in [5.74, 6) is -1.38. The van der Waals surface area contributed by atoms with E-state index in [0.717, 1.165) is 11.1 Å². The largest absolute Gasteiger partial charge is 0.530 e. The van der Waals surface area contributed by atoms with Crippen LogP contribution >= 0.6 is 77.4 Å². The highest BCUT2D eigenvalue weighted by Gasteiger charge is 2.37. The molecular weight excluding hydrogens is 824 g/mol. The van der Waals surface area contributed by atoms with Crippen LogP contribution in [0.5, 0.6) is 5.75 Å². The topological polar surface area (TPSA) is 138 Å². The Morgan fingerprint density at radius 3 is 1.65 bits per heavy atom. The van der Waals surface area contributed by atoms with E-state index >= 15 is 0 Å². The Labute approximate surface area is 332 Å². The lowest BCUT2D eigenvalue weighted by Crippen LogP contribution is -2.54. The van der Waals surface area contributed by atoms with E-state index in [-0.39, 0.29) is 25.2 Å². The van der Waals surface area contributed by atoms with Gasteiger partial charge in [0.1, 0.15) is 43.3 Å². The average Bonchev–Trinajstić information content (AvgIpc) is 3.05. The summed E-state index contributed by atoms with van der Waals surface area (Å²) in [4.78, 5) is 40.1. The van der Waals surface area contributed by atoms with Gasteiger partial charge in [0.25, 0.3) is 0 Å². The summed E-state index contributed by atoms with van der Waals surface area (Å²) in [6.45, 7) is 3.63. The van der Waals surface area contributed by atoms with Crippen molar-refractivity contribution < 1.29 is 42.0 Å². The van der Waals surface area contributed by atoms with Gasteiger partial charge in [0.15, 0.2) is 0 Å². The summed E-state index contributed by atoms with van der Waals surface area (Å²) in [5.41, 5.74) is 1.17. The molecule has 0 saturated carbocycles. The Morgan fingerprint density at radius 1 is 0.673 bits per heavy atom. The minimum atomic E-state index is -4.50. The molecule has 0 aliphatic carbocycles. The molecule has 2 amide bonds. The number of alkyl carbamates (subject to hydrolysis) is 1. The maximum Gasteiger partial charge on any atom is 0.530 e. The van der Waals surface area contributed by atoms with E-state index in [4.69, 9.17) is 92.7 Å². The number of carbonyl (C=O) groups excluding carboxylic acids is 3. The van der Waals surface area contributed by atoms with Gasteiger partial charge in [-0.25, -0.2) is 14.2 Å². The van der Waals surface area contributed by atoms with Crippen LogP contribution in [-0.2, 0) is 52.1 Å². The van der Waals surface area contributed by atoms with E-state index in [2.05, 4.69) is 10.6 Å². The zero-order valence-electron chi connectivity index (χ0n) is 28.2. The van der Waals surface area contributed by atoms with Gasteiger partial charge in [-0.2, -0.15) is 0 Å². The third-order valence-electron chi connectivity index (χ3n) is 6.47. The van der Waals surface area contributed by atoms with Crippen LogP contribution < -0.4 is 15.2 Å². The quantitative estimate of drug-likeness (QED) is 0.0822. The van der Waals surface area contributed by atoms with Crippen LogP contribution in [0.25, 0.3) is 0 Å². The number of rotatable bonds is 16. The molecule has 284 valence electrons. The number of nitrogens with one attached hydrogen (secondary N) is 2. The number of amides is 2. The minimum absolute atomic E-state index is 0.00709. The van der Waals surface area contributed by atoms with E-state index in [1.807, 2.05) is 60.7 Å². The molecular formula is C34H37Cl6N2O9P. The third kappa shape index (κ3) is 17.6. The molecule has 0 heterocycles. The smallest absolute Gasteiger partial charge is 0.459 e. The molecule has 0 aromatic heterocycles. The molecule has 52 heavy (non-hydrogen) atoms. The predicted octanol–water partition coefficient (Wildman–Crippen LogP) is 8.85. The Kier molecular flexibility index (Phi) is 16.7. The molecule has 0 saturated heterocycles. The highest BCUT2D eigenvalue weighted by Crippen LogP contribution is 2.52. The number of esters is 1. The van der Waals surface area contributed by atoms with Crippen LogP contribution in [-0.4, -0.2) is 56.5 Å². The van der Waals surface area contributed by atoms with Gasteiger partial charge in [-0.1, -0.05) is 142 Å². The Balaban J connectivity index is 1.82. The van der Waals surface area contributed by atoms with Crippen molar-refractivity contribution in [3.8, 4) is 5.75 Å². The van der Waals surface area contributed by atoms with Crippen LogP contribution in [0.1, 0.15) is 37.5 Å². The summed E-state index contributed by atoms with van der Waals surface area (Å²) in [6, 6.07) is 21.7. The zero-order chi connectivity index (χ0) is 38.6. The predicted molar refractivity (Wildman–Crippen MR) is 202 cm³/mol. The Morgan fingerprint density at radius 2 is 1.15 bits per heavy atom. The van der Waals surface area contributed by atoms with Crippen LogP contribution in [0.3, 0.4) is 0 Å². The van der Waals surface area contributed by atoms with Gasteiger partial charge in [-0.05, 0) is 49.6 Å². The number of hydrogen-bond donors (Lipinski definition) is 2. The van der Waals surface area contributed by atoms with Gasteiger partial charge in [0, 0.05) is 12.8 Å². The second kappa shape index (κ2) is 19.8. The molecule has 0 aliphatic rings. The first-order valence-corrected chi connectivity index (χ1v) is 19.3.